The van der Waals surface area contributed by atoms with Crippen molar-refractivity contribution in [3.8, 4) is 33.4 Å². The van der Waals surface area contributed by atoms with Gasteiger partial charge >= 0.3 is 0 Å². The lowest BCUT2D eigenvalue weighted by atomic mass is 9.81. The summed E-state index contributed by atoms with van der Waals surface area (Å²) in [5.74, 6) is 0. The minimum Gasteiger partial charge on any atom is -0.455 e. The molecule has 0 N–H and O–H groups in total. The molecule has 0 aliphatic carbocycles. The zero-order valence-electron chi connectivity index (χ0n) is 51.4. The van der Waals surface area contributed by atoms with Gasteiger partial charge in [0.25, 0.3) is 0 Å². The van der Waals surface area contributed by atoms with E-state index in [9.17, 15) is 13.7 Å². The second kappa shape index (κ2) is 10.2. The molecule has 0 atom stereocenters. The summed E-state index contributed by atoms with van der Waals surface area (Å²) in [6.45, 7) is 0. The Morgan fingerprint density at radius 1 is 0.319 bits per heavy atom. The number of hydrogen-bond donors (Lipinski definition) is 0. The summed E-state index contributed by atoms with van der Waals surface area (Å²) in [7, 11) is 0. The molecule has 0 amide bonds. The minimum atomic E-state index is -1.12. The summed E-state index contributed by atoms with van der Waals surface area (Å²) in [5, 5.41) is -7.22. The molecule has 0 unspecified atom stereocenters. The second-order valence-electron chi connectivity index (χ2n) is 10.3. The number of benzene rings is 9. The van der Waals surface area contributed by atoms with Crippen molar-refractivity contribution in [1.82, 2.24) is 0 Å². The molecule has 1 aromatic heterocycles. The zero-order chi connectivity index (χ0) is 55.3. The van der Waals surface area contributed by atoms with Crippen LogP contribution in [0, 0.1) is 0 Å². The maximum Gasteiger partial charge on any atom is 0.143 e. The number of rotatable bonds is 3. The van der Waals surface area contributed by atoms with Crippen molar-refractivity contribution in [3.05, 3.63) is 169 Å². The topological polar surface area (TPSA) is 13.1 Å². The van der Waals surface area contributed by atoms with Gasteiger partial charge in [-0.1, -0.05) is 163 Å². The van der Waals surface area contributed by atoms with Gasteiger partial charge in [-0.15, -0.1) is 0 Å². The monoisotopic (exact) mass is 624 g/mol. The number of fused-ring (bicyclic) bond motifs is 7. The predicted molar refractivity (Wildman–Crippen MR) is 200 cm³/mol. The van der Waals surface area contributed by atoms with Gasteiger partial charge in [-0.05, 0) is 76.9 Å². The van der Waals surface area contributed by atoms with E-state index in [-0.39, 0.29) is 0 Å². The van der Waals surface area contributed by atoms with E-state index in [0.717, 1.165) is 0 Å². The molecule has 0 radical (unpaired) electrons. The van der Waals surface area contributed by atoms with Crippen molar-refractivity contribution in [1.29, 1.82) is 0 Å². The third kappa shape index (κ3) is 3.84. The molecule has 218 valence electrons. The summed E-state index contributed by atoms with van der Waals surface area (Å²) in [4.78, 5) is 0. The number of hydrogen-bond acceptors (Lipinski definition) is 1. The highest BCUT2D eigenvalue weighted by atomic mass is 16.3. The lowest BCUT2D eigenvalue weighted by Crippen LogP contribution is -1.94. The molecule has 10 rings (SSSR count). The summed E-state index contributed by atoms with van der Waals surface area (Å²) in [6.07, 6.45) is 0. The first-order valence-electron chi connectivity index (χ1n) is 27.9. The third-order valence-electron chi connectivity index (χ3n) is 7.87. The summed E-state index contributed by atoms with van der Waals surface area (Å²) >= 11 is 0. The quantitative estimate of drug-likeness (QED) is 0.178. The second-order valence-corrected chi connectivity index (χ2v) is 10.3. The molecule has 0 aliphatic rings. The molecule has 0 fully saturated rings. The predicted octanol–water partition coefficient (Wildman–Crippen LogP) is 13.2. The standard InChI is InChI=1S/C46H28O/c1-3-17-31-29(13-1)15-9-22-34(31)43-36-20-5-6-21-37(36)44(35-23-10-16-30-14-2-4-18-32(30)35)45-38(24-11-27-41(43)45)40-26-12-25-39-33-19-7-8-28-42(33)47-46(39)40/h1-28H/i1D,2D,3D,4D,5D,6D,7D,8D,9D,10D,11D,12D,13D,14D,15D,16D,17D,18D,19D,20D,21D,22D,23D,24D,25D,26D,27D,28D. The molecule has 1 heterocycles. The van der Waals surface area contributed by atoms with Gasteiger partial charge < -0.3 is 4.42 Å². The van der Waals surface area contributed by atoms with Gasteiger partial charge in [-0.25, -0.2) is 0 Å². The van der Waals surface area contributed by atoms with E-state index in [1.165, 1.54) is 0 Å². The third-order valence-corrected chi connectivity index (χ3v) is 7.87. The molecule has 0 bridgehead atoms. The maximum atomic E-state index is 9.84. The number of para-hydroxylation sites is 2. The Kier molecular flexibility index (Phi) is 2.31. The molecule has 0 spiro atoms. The van der Waals surface area contributed by atoms with E-state index >= 15 is 0 Å². The fraction of sp³-hybridized carbons (Fsp3) is 0. The van der Waals surface area contributed by atoms with E-state index < -0.39 is 268 Å². The van der Waals surface area contributed by atoms with Crippen molar-refractivity contribution < 1.29 is 42.8 Å². The smallest absolute Gasteiger partial charge is 0.143 e. The molecule has 1 nitrogen and oxygen atoms in total. The van der Waals surface area contributed by atoms with Crippen LogP contribution >= 0.6 is 0 Å². The van der Waals surface area contributed by atoms with Crippen molar-refractivity contribution in [2.24, 2.45) is 0 Å². The summed E-state index contributed by atoms with van der Waals surface area (Å²) < 4.78 is 261. The Morgan fingerprint density at radius 2 is 0.766 bits per heavy atom. The Bertz CT molecular complexity index is 4430. The van der Waals surface area contributed by atoms with Gasteiger partial charge in [0, 0.05) is 16.3 Å². The Hall–Kier alpha value is -6.18. The highest BCUT2D eigenvalue weighted by Crippen LogP contribution is 2.50. The van der Waals surface area contributed by atoms with Crippen molar-refractivity contribution in [2.75, 3.05) is 0 Å². The minimum absolute atomic E-state index is 0.492. The fourth-order valence-corrected chi connectivity index (χ4v) is 5.97. The Morgan fingerprint density at radius 3 is 1.47 bits per heavy atom. The van der Waals surface area contributed by atoms with Crippen molar-refractivity contribution in [2.45, 2.75) is 0 Å². The first kappa shape index (κ1) is 10.7. The van der Waals surface area contributed by atoms with Gasteiger partial charge in [0.2, 0.25) is 0 Å². The van der Waals surface area contributed by atoms with Crippen LogP contribution in [0.5, 0.6) is 0 Å². The molecule has 0 saturated heterocycles. The first-order chi connectivity index (χ1) is 35.0. The zero-order valence-corrected chi connectivity index (χ0v) is 23.4. The molecular formula is C46H28O. The Labute approximate surface area is 311 Å². The van der Waals surface area contributed by atoms with Crippen LogP contribution in [0.25, 0.3) is 98.4 Å². The van der Waals surface area contributed by atoms with Crippen LogP contribution in [0.1, 0.15) is 38.4 Å². The number of furan rings is 1. The summed E-state index contributed by atoms with van der Waals surface area (Å²) in [5.41, 5.74) is -6.32. The van der Waals surface area contributed by atoms with Gasteiger partial charge in [-0.3, -0.25) is 0 Å². The molecule has 1 heteroatoms. The average Bonchev–Trinajstić information content (AvgIpc) is 3.84. The van der Waals surface area contributed by atoms with Crippen LogP contribution < -0.4 is 0 Å². The normalized spacial score (nSPS) is 20.2. The highest BCUT2D eigenvalue weighted by molar-refractivity contribution is 6.28. The van der Waals surface area contributed by atoms with Gasteiger partial charge in [-0.2, -0.15) is 0 Å². The van der Waals surface area contributed by atoms with Crippen molar-refractivity contribution >= 4 is 65.0 Å². The van der Waals surface area contributed by atoms with Gasteiger partial charge in [0.15, 0.2) is 0 Å². The summed E-state index contributed by atoms with van der Waals surface area (Å²) in [6, 6.07) is -27.3. The van der Waals surface area contributed by atoms with Crippen LogP contribution in [0.15, 0.2) is 174 Å². The highest BCUT2D eigenvalue weighted by Gasteiger charge is 2.23. The largest absolute Gasteiger partial charge is 0.455 e. The lowest BCUT2D eigenvalue weighted by molar-refractivity contribution is 0.670. The SMILES string of the molecule is [2H]c1c([2H])c([2H])c2c(oc3c(-c4c([2H])c([2H])c([2H])c5c(-c6c([2H])c([2H])c([2H])c7c([2H])c([2H])c([2H])c([2H])c67)c6c([2H])c([2H])c([2H])c([2H])c6c(-c6c([2H])c([2H])c([2H])c7c([2H])c([2H])c([2H])c([2H])c67)c45)c([2H])c([2H])c([2H])c32)c1[2H]. The van der Waals surface area contributed by atoms with E-state index in [1.54, 1.807) is 0 Å². The van der Waals surface area contributed by atoms with Crippen LogP contribution in [-0.2, 0) is 0 Å². The van der Waals surface area contributed by atoms with Crippen LogP contribution in [0.2, 0.25) is 0 Å². The van der Waals surface area contributed by atoms with Crippen molar-refractivity contribution in [3.63, 3.8) is 0 Å². The molecule has 0 aliphatic heterocycles. The van der Waals surface area contributed by atoms with Crippen LogP contribution in [-0.4, -0.2) is 0 Å². The van der Waals surface area contributed by atoms with E-state index in [1.807, 2.05) is 0 Å². The molecule has 9 aromatic carbocycles. The van der Waals surface area contributed by atoms with Crippen LogP contribution in [0.3, 0.4) is 0 Å². The molecule has 47 heavy (non-hydrogen) atoms. The van der Waals surface area contributed by atoms with E-state index in [0.29, 0.717) is 0 Å². The molecule has 10 aromatic rings. The molecular weight excluding hydrogens is 569 g/mol. The Balaban J connectivity index is 1.70. The average molecular weight is 625 g/mol. The van der Waals surface area contributed by atoms with E-state index in [4.69, 9.17) is 29.1 Å². The van der Waals surface area contributed by atoms with E-state index in [2.05, 4.69) is 0 Å². The van der Waals surface area contributed by atoms with Crippen LogP contribution in [0.4, 0.5) is 0 Å². The van der Waals surface area contributed by atoms with Gasteiger partial charge in [0.1, 0.15) is 11.2 Å². The van der Waals surface area contributed by atoms with Gasteiger partial charge in [0.05, 0.1) is 38.4 Å². The maximum absolute atomic E-state index is 9.84. The first-order valence-corrected chi connectivity index (χ1v) is 13.9. The fourth-order valence-electron chi connectivity index (χ4n) is 5.97. The molecule has 0 saturated carbocycles. The lowest BCUT2D eigenvalue weighted by Gasteiger charge is -2.22.